The van der Waals surface area contributed by atoms with Gasteiger partial charge in [-0.15, -0.1) is 0 Å². The number of carbonyl (C=O) groups excluding carboxylic acids is 1. The van der Waals surface area contributed by atoms with E-state index in [1.807, 2.05) is 6.26 Å². The van der Waals surface area contributed by atoms with Gasteiger partial charge in [-0.3, -0.25) is 9.78 Å². The number of rotatable bonds is 8. The topological polar surface area (TPSA) is 88.2 Å². The number of halogens is 2. The molecule has 1 atom stereocenters. The molecule has 2 aromatic rings. The van der Waals surface area contributed by atoms with Crippen molar-refractivity contribution in [3.05, 3.63) is 52.8 Å². The van der Waals surface area contributed by atoms with E-state index >= 15 is 0 Å². The Morgan fingerprint density at radius 3 is 2.65 bits per heavy atom. The van der Waals surface area contributed by atoms with E-state index in [9.17, 15) is 13.2 Å². The van der Waals surface area contributed by atoms with Gasteiger partial charge in [0.15, 0.2) is 0 Å². The third-order valence-corrected chi connectivity index (χ3v) is 6.21. The molecular formula is C16H17Cl2N3O3S2. The summed E-state index contributed by atoms with van der Waals surface area (Å²) in [6.07, 6.45) is 5.27. The Balaban J connectivity index is 2.20. The number of aromatic nitrogens is 1. The van der Waals surface area contributed by atoms with Crippen molar-refractivity contribution in [2.75, 3.05) is 17.3 Å². The largest absolute Gasteiger partial charge is 0.323 e. The van der Waals surface area contributed by atoms with Crippen LogP contribution < -0.4 is 10.0 Å². The number of pyridine rings is 1. The number of benzene rings is 1. The summed E-state index contributed by atoms with van der Waals surface area (Å²) >= 11 is 13.2. The number of amides is 1. The van der Waals surface area contributed by atoms with Crippen LogP contribution in [0.25, 0.3) is 0 Å². The third kappa shape index (κ3) is 5.85. The smallest absolute Gasteiger partial charge is 0.242 e. The molecule has 0 spiro atoms. The first-order chi connectivity index (χ1) is 12.3. The van der Waals surface area contributed by atoms with E-state index in [1.54, 1.807) is 18.3 Å². The molecule has 0 saturated heterocycles. The van der Waals surface area contributed by atoms with E-state index in [1.165, 1.54) is 36.2 Å². The second kappa shape index (κ2) is 9.57. The molecule has 10 heteroatoms. The van der Waals surface area contributed by atoms with Crippen LogP contribution >= 0.6 is 35.0 Å². The molecule has 2 rings (SSSR count). The molecule has 0 unspecified atom stereocenters. The van der Waals surface area contributed by atoms with E-state index in [2.05, 4.69) is 15.0 Å². The minimum absolute atomic E-state index is 0.0600. The lowest BCUT2D eigenvalue weighted by Gasteiger charge is -2.18. The van der Waals surface area contributed by atoms with E-state index < -0.39 is 22.0 Å². The van der Waals surface area contributed by atoms with Crippen molar-refractivity contribution in [3.8, 4) is 0 Å². The van der Waals surface area contributed by atoms with Crippen molar-refractivity contribution in [2.45, 2.75) is 17.4 Å². The van der Waals surface area contributed by atoms with Crippen LogP contribution in [0, 0.1) is 0 Å². The van der Waals surface area contributed by atoms with Crippen LogP contribution in [-0.4, -0.2) is 37.4 Å². The Morgan fingerprint density at radius 2 is 2.04 bits per heavy atom. The maximum atomic E-state index is 12.6. The summed E-state index contributed by atoms with van der Waals surface area (Å²) in [5.74, 6) is 0.144. The summed E-state index contributed by atoms with van der Waals surface area (Å²) in [5.41, 5.74) is 0.486. The normalized spacial score (nSPS) is 12.6. The molecule has 0 radical (unpaired) electrons. The van der Waals surface area contributed by atoms with Gasteiger partial charge in [0.05, 0.1) is 26.8 Å². The Hall–Kier alpha value is -1.32. The first-order valence-electron chi connectivity index (χ1n) is 7.50. The van der Waals surface area contributed by atoms with Gasteiger partial charge >= 0.3 is 0 Å². The molecule has 2 N–H and O–H groups in total. The predicted molar refractivity (Wildman–Crippen MR) is 106 cm³/mol. The summed E-state index contributed by atoms with van der Waals surface area (Å²) in [4.78, 5) is 16.4. The van der Waals surface area contributed by atoms with Gasteiger partial charge in [-0.2, -0.15) is 16.5 Å². The lowest BCUT2D eigenvalue weighted by Crippen LogP contribution is -2.44. The fraction of sp³-hybridized carbons (Fsp3) is 0.250. The van der Waals surface area contributed by atoms with Gasteiger partial charge in [0, 0.05) is 6.20 Å². The summed E-state index contributed by atoms with van der Waals surface area (Å²) in [6.45, 7) is 0. The average molecular weight is 434 g/mol. The summed E-state index contributed by atoms with van der Waals surface area (Å²) in [6, 6.07) is 6.38. The zero-order chi connectivity index (χ0) is 19.2. The van der Waals surface area contributed by atoms with Crippen LogP contribution in [0.15, 0.2) is 47.6 Å². The second-order valence-electron chi connectivity index (χ2n) is 5.26. The molecule has 1 aromatic carbocycles. The first kappa shape index (κ1) is 21.0. The molecule has 0 aliphatic rings. The molecule has 1 aromatic heterocycles. The number of nitrogens with zero attached hydrogens (tertiary/aromatic N) is 1. The number of anilines is 1. The minimum Gasteiger partial charge on any atom is -0.323 e. The van der Waals surface area contributed by atoms with Crippen LogP contribution in [0.5, 0.6) is 0 Å². The average Bonchev–Trinajstić information content (AvgIpc) is 2.61. The molecule has 0 saturated carbocycles. The minimum atomic E-state index is -3.95. The highest BCUT2D eigenvalue weighted by Crippen LogP contribution is 2.25. The molecule has 1 heterocycles. The van der Waals surface area contributed by atoms with Crippen molar-refractivity contribution >= 4 is 56.6 Å². The third-order valence-electron chi connectivity index (χ3n) is 3.35. The van der Waals surface area contributed by atoms with Gasteiger partial charge in [-0.05, 0) is 48.8 Å². The number of sulfonamides is 1. The predicted octanol–water partition coefficient (Wildman–Crippen LogP) is 3.43. The fourth-order valence-electron chi connectivity index (χ4n) is 2.04. The van der Waals surface area contributed by atoms with Gasteiger partial charge in [0.1, 0.15) is 6.04 Å². The van der Waals surface area contributed by atoms with Gasteiger partial charge < -0.3 is 5.32 Å². The number of hydrogen-bond donors (Lipinski definition) is 2. The van der Waals surface area contributed by atoms with Crippen molar-refractivity contribution < 1.29 is 13.2 Å². The molecule has 26 heavy (non-hydrogen) atoms. The summed E-state index contributed by atoms with van der Waals surface area (Å²) in [7, 11) is -3.95. The van der Waals surface area contributed by atoms with Gasteiger partial charge in [-0.1, -0.05) is 23.2 Å². The van der Waals surface area contributed by atoms with Crippen molar-refractivity contribution in [2.24, 2.45) is 0 Å². The quantitative estimate of drug-likeness (QED) is 0.665. The SMILES string of the molecule is CSCC[C@@H](NS(=O)(=O)c1ccc(Cl)c(Cl)c1)C(=O)Nc1cccnc1. The number of thioether (sulfide) groups is 1. The van der Waals surface area contributed by atoms with Gasteiger partial charge in [-0.25, -0.2) is 8.42 Å². The van der Waals surface area contributed by atoms with Crippen LogP contribution in [-0.2, 0) is 14.8 Å². The Labute approximate surface area is 166 Å². The van der Waals surface area contributed by atoms with Crippen molar-refractivity contribution in [1.29, 1.82) is 0 Å². The number of carbonyl (C=O) groups is 1. The van der Waals surface area contributed by atoms with Crippen LogP contribution in [0.4, 0.5) is 5.69 Å². The highest BCUT2D eigenvalue weighted by Gasteiger charge is 2.26. The highest BCUT2D eigenvalue weighted by atomic mass is 35.5. The summed E-state index contributed by atoms with van der Waals surface area (Å²) in [5, 5.41) is 3.03. The lowest BCUT2D eigenvalue weighted by atomic mass is 10.2. The van der Waals surface area contributed by atoms with Gasteiger partial charge in [0.25, 0.3) is 0 Å². The van der Waals surface area contributed by atoms with E-state index in [0.29, 0.717) is 17.9 Å². The first-order valence-corrected chi connectivity index (χ1v) is 11.1. The van der Waals surface area contributed by atoms with E-state index in [-0.39, 0.29) is 14.9 Å². The molecule has 0 bridgehead atoms. The van der Waals surface area contributed by atoms with Gasteiger partial charge in [0.2, 0.25) is 15.9 Å². The van der Waals surface area contributed by atoms with E-state index in [4.69, 9.17) is 23.2 Å². The van der Waals surface area contributed by atoms with Crippen LogP contribution in [0.1, 0.15) is 6.42 Å². The van der Waals surface area contributed by atoms with Crippen molar-refractivity contribution in [3.63, 3.8) is 0 Å². The molecule has 0 aliphatic heterocycles. The van der Waals surface area contributed by atoms with Crippen molar-refractivity contribution in [1.82, 2.24) is 9.71 Å². The molecular weight excluding hydrogens is 417 g/mol. The molecule has 140 valence electrons. The van der Waals surface area contributed by atoms with Crippen LogP contribution in [0.3, 0.4) is 0 Å². The highest BCUT2D eigenvalue weighted by molar-refractivity contribution is 7.98. The summed E-state index contributed by atoms with van der Waals surface area (Å²) < 4.78 is 27.7. The fourth-order valence-corrected chi connectivity index (χ4v) is 4.13. The molecule has 0 fully saturated rings. The maximum Gasteiger partial charge on any atom is 0.242 e. The monoisotopic (exact) mass is 433 g/mol. The number of nitrogens with one attached hydrogen (secondary N) is 2. The lowest BCUT2D eigenvalue weighted by molar-refractivity contribution is -0.117. The zero-order valence-electron chi connectivity index (χ0n) is 13.8. The maximum absolute atomic E-state index is 12.6. The molecule has 1 amide bonds. The Kier molecular flexibility index (Phi) is 7.72. The Bertz CT molecular complexity index is 864. The zero-order valence-corrected chi connectivity index (χ0v) is 16.9. The second-order valence-corrected chi connectivity index (χ2v) is 8.78. The van der Waals surface area contributed by atoms with E-state index in [0.717, 1.165) is 0 Å². The number of hydrogen-bond acceptors (Lipinski definition) is 5. The standard InChI is InChI=1S/C16H17Cl2N3O3S2/c1-25-8-6-15(16(22)20-11-3-2-7-19-10-11)21-26(23,24)12-4-5-13(17)14(18)9-12/h2-5,7,9-10,15,21H,6,8H2,1H3,(H,20,22)/t15-/m1/s1. The molecule has 0 aliphatic carbocycles. The van der Waals surface area contributed by atoms with Crippen LogP contribution in [0.2, 0.25) is 10.0 Å². The molecule has 6 nitrogen and oxygen atoms in total. The Morgan fingerprint density at radius 1 is 1.27 bits per heavy atom.